The van der Waals surface area contributed by atoms with E-state index in [-0.39, 0.29) is 0 Å². The molecular weight excluding hydrogens is 288 g/mol. The van der Waals surface area contributed by atoms with E-state index < -0.39 is 0 Å². The highest BCUT2D eigenvalue weighted by molar-refractivity contribution is 6.10. The van der Waals surface area contributed by atoms with E-state index >= 15 is 0 Å². The second-order valence-corrected chi connectivity index (χ2v) is 5.73. The van der Waals surface area contributed by atoms with Crippen LogP contribution < -0.4 is 5.73 Å². The van der Waals surface area contributed by atoms with Crippen LogP contribution in [0.3, 0.4) is 0 Å². The van der Waals surface area contributed by atoms with Gasteiger partial charge in [-0.25, -0.2) is 4.98 Å². The maximum absolute atomic E-state index is 6.17. The Hall–Kier alpha value is -2.66. The van der Waals surface area contributed by atoms with Gasteiger partial charge in [0.05, 0.1) is 18.7 Å². The molecule has 1 aromatic carbocycles. The second kappa shape index (κ2) is 5.52. The number of nitrogens with two attached hydrogens (primary N) is 1. The summed E-state index contributed by atoms with van der Waals surface area (Å²) >= 11 is 0. The number of hydrogen-bond acceptors (Lipinski definition) is 4. The number of methoxy groups -OCH3 is 1. The van der Waals surface area contributed by atoms with Gasteiger partial charge in [0.1, 0.15) is 5.82 Å². The summed E-state index contributed by atoms with van der Waals surface area (Å²) in [7, 11) is 1.71. The van der Waals surface area contributed by atoms with Gasteiger partial charge in [-0.2, -0.15) is 0 Å². The summed E-state index contributed by atoms with van der Waals surface area (Å²) in [6, 6.07) is 6.35. The molecule has 3 heterocycles. The highest BCUT2D eigenvalue weighted by Crippen LogP contribution is 2.31. The molecule has 1 aliphatic heterocycles. The Bertz CT molecular complexity index is 952. The van der Waals surface area contributed by atoms with Gasteiger partial charge in [0, 0.05) is 48.4 Å². The van der Waals surface area contributed by atoms with E-state index in [0.29, 0.717) is 12.4 Å². The molecule has 2 N–H and O–H groups in total. The third-order valence-electron chi connectivity index (χ3n) is 4.25. The van der Waals surface area contributed by atoms with Crippen molar-refractivity contribution in [2.75, 3.05) is 26.0 Å². The van der Waals surface area contributed by atoms with Gasteiger partial charge >= 0.3 is 0 Å². The van der Waals surface area contributed by atoms with E-state index in [9.17, 15) is 0 Å². The number of aliphatic imine (C=N–C) groups is 1. The zero-order valence-corrected chi connectivity index (χ0v) is 13.0. The quantitative estimate of drug-likeness (QED) is 0.806. The number of benzene rings is 1. The van der Waals surface area contributed by atoms with Gasteiger partial charge in [0.25, 0.3) is 0 Å². The van der Waals surface area contributed by atoms with Crippen molar-refractivity contribution >= 4 is 39.3 Å². The average molecular weight is 306 g/mol. The van der Waals surface area contributed by atoms with Crippen LogP contribution in [0.25, 0.3) is 27.2 Å². The van der Waals surface area contributed by atoms with Gasteiger partial charge in [-0.3, -0.25) is 4.99 Å². The van der Waals surface area contributed by atoms with Crippen molar-refractivity contribution in [3.8, 4) is 0 Å². The summed E-state index contributed by atoms with van der Waals surface area (Å²) in [5.41, 5.74) is 9.46. The predicted octanol–water partition coefficient (Wildman–Crippen LogP) is 2.89. The van der Waals surface area contributed by atoms with Gasteiger partial charge in [-0.15, -0.1) is 0 Å². The molecule has 0 fully saturated rings. The molecule has 2 aromatic heterocycles. The minimum Gasteiger partial charge on any atom is -0.383 e. The average Bonchev–Trinajstić information content (AvgIpc) is 3.22. The van der Waals surface area contributed by atoms with Crippen molar-refractivity contribution in [1.29, 1.82) is 0 Å². The summed E-state index contributed by atoms with van der Waals surface area (Å²) in [4.78, 5) is 8.84. The SMILES string of the molecule is COCCn1cc2c(N)nc3cc(C4=CC=NC4)ccc3c2c1. The van der Waals surface area contributed by atoms with Crippen LogP contribution in [0.15, 0.2) is 41.7 Å². The van der Waals surface area contributed by atoms with Crippen LogP contribution in [0.5, 0.6) is 0 Å². The lowest BCUT2D eigenvalue weighted by atomic mass is 10.0. The first kappa shape index (κ1) is 14.0. The second-order valence-electron chi connectivity index (χ2n) is 5.73. The number of allylic oxidation sites excluding steroid dienone is 1. The molecule has 0 saturated carbocycles. The molecule has 3 aromatic rings. The molecule has 23 heavy (non-hydrogen) atoms. The molecule has 5 heteroatoms. The fourth-order valence-corrected chi connectivity index (χ4v) is 3.03. The fraction of sp³-hybridized carbons (Fsp3) is 0.222. The monoisotopic (exact) mass is 306 g/mol. The molecule has 5 nitrogen and oxygen atoms in total. The van der Waals surface area contributed by atoms with Gasteiger partial charge < -0.3 is 15.0 Å². The first-order valence-electron chi connectivity index (χ1n) is 7.63. The number of rotatable bonds is 4. The minimum atomic E-state index is 0.567. The van der Waals surface area contributed by atoms with E-state index in [1.807, 2.05) is 18.5 Å². The van der Waals surface area contributed by atoms with Crippen LogP contribution in [0.2, 0.25) is 0 Å². The zero-order valence-electron chi connectivity index (χ0n) is 13.0. The van der Waals surface area contributed by atoms with E-state index in [0.717, 1.165) is 40.3 Å². The lowest BCUT2D eigenvalue weighted by Gasteiger charge is -2.06. The van der Waals surface area contributed by atoms with Crippen molar-refractivity contribution in [2.45, 2.75) is 6.54 Å². The Morgan fingerprint density at radius 2 is 2.09 bits per heavy atom. The molecule has 0 bridgehead atoms. The molecule has 0 spiro atoms. The number of nitrogen functional groups attached to an aromatic ring is 1. The van der Waals surface area contributed by atoms with Gasteiger partial charge in [0.15, 0.2) is 0 Å². The zero-order chi connectivity index (χ0) is 15.8. The Morgan fingerprint density at radius 3 is 2.87 bits per heavy atom. The first-order valence-corrected chi connectivity index (χ1v) is 7.63. The lowest BCUT2D eigenvalue weighted by molar-refractivity contribution is 0.187. The number of anilines is 1. The summed E-state index contributed by atoms with van der Waals surface area (Å²) in [5, 5.41) is 3.24. The molecule has 0 aliphatic carbocycles. The van der Waals surface area contributed by atoms with Crippen molar-refractivity contribution < 1.29 is 4.74 Å². The number of pyridine rings is 1. The lowest BCUT2D eigenvalue weighted by Crippen LogP contribution is -2.00. The van der Waals surface area contributed by atoms with Gasteiger partial charge in [-0.1, -0.05) is 12.1 Å². The molecule has 0 radical (unpaired) electrons. The standard InChI is InChI=1S/C18H18N4O/c1-23-7-6-22-10-15-14-3-2-12(13-4-5-20-9-13)8-17(14)21-18(19)16(15)11-22/h2-5,8,10-11H,6-7,9H2,1H3,(H2,19,21). The van der Waals surface area contributed by atoms with Crippen molar-refractivity contribution in [2.24, 2.45) is 4.99 Å². The summed E-state index contributed by atoms with van der Waals surface area (Å²) < 4.78 is 7.25. The third kappa shape index (κ3) is 2.39. The summed E-state index contributed by atoms with van der Waals surface area (Å²) in [6.07, 6.45) is 8.05. The van der Waals surface area contributed by atoms with Gasteiger partial charge in [0.2, 0.25) is 0 Å². The molecule has 0 saturated heterocycles. The maximum atomic E-state index is 6.17. The maximum Gasteiger partial charge on any atom is 0.133 e. The van der Waals surface area contributed by atoms with Crippen LogP contribution in [-0.4, -0.2) is 36.0 Å². The Labute approximate surface area is 134 Å². The third-order valence-corrected chi connectivity index (χ3v) is 4.25. The molecule has 1 aliphatic rings. The smallest absolute Gasteiger partial charge is 0.133 e. The molecular formula is C18H18N4O. The normalized spacial score (nSPS) is 14.0. The number of aromatic nitrogens is 2. The van der Waals surface area contributed by atoms with Crippen LogP contribution in [0.1, 0.15) is 5.56 Å². The summed E-state index contributed by atoms with van der Waals surface area (Å²) in [6.45, 7) is 2.20. The number of fused-ring (bicyclic) bond motifs is 3. The Kier molecular flexibility index (Phi) is 3.35. The number of nitrogens with zero attached hydrogens (tertiary/aromatic N) is 3. The van der Waals surface area contributed by atoms with Crippen molar-refractivity contribution in [3.05, 3.63) is 42.2 Å². The first-order chi connectivity index (χ1) is 11.3. The number of ether oxygens (including phenoxy) is 1. The Morgan fingerprint density at radius 1 is 1.22 bits per heavy atom. The van der Waals surface area contributed by atoms with Gasteiger partial charge in [-0.05, 0) is 23.3 Å². The van der Waals surface area contributed by atoms with Crippen LogP contribution in [0.4, 0.5) is 5.82 Å². The number of hydrogen-bond donors (Lipinski definition) is 1. The fourth-order valence-electron chi connectivity index (χ4n) is 3.03. The minimum absolute atomic E-state index is 0.567. The molecule has 0 amide bonds. The molecule has 0 unspecified atom stereocenters. The van der Waals surface area contributed by atoms with E-state index in [2.05, 4.69) is 38.9 Å². The largest absolute Gasteiger partial charge is 0.383 e. The highest BCUT2D eigenvalue weighted by atomic mass is 16.5. The van der Waals surface area contributed by atoms with E-state index in [1.54, 1.807) is 7.11 Å². The topological polar surface area (TPSA) is 65.4 Å². The van der Waals surface area contributed by atoms with E-state index in [1.165, 1.54) is 5.57 Å². The van der Waals surface area contributed by atoms with Crippen molar-refractivity contribution in [3.63, 3.8) is 0 Å². The van der Waals surface area contributed by atoms with Crippen LogP contribution >= 0.6 is 0 Å². The van der Waals surface area contributed by atoms with Crippen LogP contribution in [0, 0.1) is 0 Å². The van der Waals surface area contributed by atoms with Crippen LogP contribution in [-0.2, 0) is 11.3 Å². The molecule has 0 atom stereocenters. The van der Waals surface area contributed by atoms with E-state index in [4.69, 9.17) is 10.5 Å². The summed E-state index contributed by atoms with van der Waals surface area (Å²) in [5.74, 6) is 0.567. The molecule has 116 valence electrons. The Balaban J connectivity index is 1.85. The molecule has 4 rings (SSSR count). The highest BCUT2D eigenvalue weighted by Gasteiger charge is 2.11. The van der Waals surface area contributed by atoms with Crippen molar-refractivity contribution in [1.82, 2.24) is 9.55 Å². The predicted molar refractivity (Wildman–Crippen MR) is 94.9 cm³/mol.